The lowest BCUT2D eigenvalue weighted by Gasteiger charge is -2.11. The van der Waals surface area contributed by atoms with E-state index >= 15 is 0 Å². The van der Waals surface area contributed by atoms with Crippen molar-refractivity contribution in [2.75, 3.05) is 0 Å². The van der Waals surface area contributed by atoms with E-state index in [1.165, 1.54) is 0 Å². The zero-order valence-electron chi connectivity index (χ0n) is 10.6. The molecule has 1 aliphatic rings. The molecule has 1 aromatic carbocycles. The third kappa shape index (κ3) is 2.90. The van der Waals surface area contributed by atoms with E-state index in [1.807, 2.05) is 0 Å². The van der Waals surface area contributed by atoms with Crippen LogP contribution in [0.3, 0.4) is 0 Å². The number of carbonyl (C=O) groups excluding carboxylic acids is 1. The van der Waals surface area contributed by atoms with Gasteiger partial charge in [-0.15, -0.1) is 0 Å². The molecule has 1 fully saturated rings. The lowest BCUT2D eigenvalue weighted by molar-refractivity contribution is -0.422. The molecule has 20 heavy (non-hydrogen) atoms. The van der Waals surface area contributed by atoms with Gasteiger partial charge in [-0.1, -0.05) is 0 Å². The van der Waals surface area contributed by atoms with Crippen LogP contribution >= 0.6 is 0 Å². The van der Waals surface area contributed by atoms with E-state index in [-0.39, 0.29) is 11.7 Å². The highest BCUT2D eigenvalue weighted by Gasteiger charge is 2.32. The van der Waals surface area contributed by atoms with Crippen molar-refractivity contribution in [1.29, 1.82) is 0 Å². The molecule has 1 aromatic rings. The van der Waals surface area contributed by atoms with E-state index in [1.54, 1.807) is 6.92 Å². The quantitative estimate of drug-likeness (QED) is 0.465. The number of hydrogen-bond donors (Lipinski definition) is 0. The van der Waals surface area contributed by atoms with Crippen LogP contribution in [0, 0.1) is 26.1 Å². The minimum atomic E-state index is -0.890. The van der Waals surface area contributed by atoms with Gasteiger partial charge in [-0.25, -0.2) is 4.79 Å². The molecular formula is C12H12N2O6. The van der Waals surface area contributed by atoms with Crippen molar-refractivity contribution < 1.29 is 19.4 Å². The van der Waals surface area contributed by atoms with Gasteiger partial charge >= 0.3 is 17.3 Å². The minimum absolute atomic E-state index is 0.0604. The van der Waals surface area contributed by atoms with Crippen LogP contribution in [0.15, 0.2) is 18.2 Å². The van der Waals surface area contributed by atoms with E-state index in [9.17, 15) is 25.0 Å². The fraction of sp³-hybridized carbons (Fsp3) is 0.417. The van der Waals surface area contributed by atoms with Crippen molar-refractivity contribution in [2.45, 2.75) is 25.9 Å². The van der Waals surface area contributed by atoms with E-state index in [0.29, 0.717) is 5.92 Å². The summed E-state index contributed by atoms with van der Waals surface area (Å²) >= 11 is 0. The molecule has 0 spiro atoms. The van der Waals surface area contributed by atoms with Gasteiger partial charge in [0, 0.05) is 12.1 Å². The van der Waals surface area contributed by atoms with Crippen molar-refractivity contribution >= 4 is 17.3 Å². The number of ether oxygens (including phenoxy) is 1. The van der Waals surface area contributed by atoms with Crippen molar-refractivity contribution in [2.24, 2.45) is 5.92 Å². The molecule has 0 aromatic heterocycles. The van der Waals surface area contributed by atoms with Crippen LogP contribution in [-0.4, -0.2) is 21.9 Å². The van der Waals surface area contributed by atoms with E-state index < -0.39 is 27.2 Å². The second kappa shape index (κ2) is 5.24. The van der Waals surface area contributed by atoms with Gasteiger partial charge in [-0.2, -0.15) is 0 Å². The lowest BCUT2D eigenvalue weighted by atomic mass is 10.1. The number of nitrogens with zero attached hydrogens (tertiary/aromatic N) is 2. The van der Waals surface area contributed by atoms with Crippen molar-refractivity contribution in [3.05, 3.63) is 44.0 Å². The average molecular weight is 280 g/mol. The van der Waals surface area contributed by atoms with E-state index in [0.717, 1.165) is 31.0 Å². The molecule has 1 aliphatic carbocycles. The van der Waals surface area contributed by atoms with Gasteiger partial charge in [0.1, 0.15) is 6.10 Å². The van der Waals surface area contributed by atoms with Crippen LogP contribution < -0.4 is 0 Å². The first-order valence-electron chi connectivity index (χ1n) is 6.04. The van der Waals surface area contributed by atoms with Crippen LogP contribution in [0.1, 0.15) is 30.1 Å². The van der Waals surface area contributed by atoms with Crippen LogP contribution in [0.4, 0.5) is 11.4 Å². The number of carbonyl (C=O) groups is 1. The van der Waals surface area contributed by atoms with E-state index in [2.05, 4.69) is 0 Å². The number of hydrogen-bond acceptors (Lipinski definition) is 6. The molecule has 0 bridgehead atoms. The van der Waals surface area contributed by atoms with Crippen molar-refractivity contribution in [3.8, 4) is 0 Å². The van der Waals surface area contributed by atoms with Gasteiger partial charge in [0.15, 0.2) is 0 Å². The maximum atomic E-state index is 11.8. The first-order valence-corrected chi connectivity index (χ1v) is 6.04. The van der Waals surface area contributed by atoms with Gasteiger partial charge in [0.05, 0.1) is 15.4 Å². The van der Waals surface area contributed by atoms with Crippen LogP contribution in [-0.2, 0) is 4.74 Å². The molecular weight excluding hydrogens is 268 g/mol. The summed E-state index contributed by atoms with van der Waals surface area (Å²) in [6.45, 7) is 1.76. The summed E-state index contributed by atoms with van der Waals surface area (Å²) in [6, 6.07) is 2.98. The largest absolute Gasteiger partial charge is 0.459 e. The molecule has 8 heteroatoms. The van der Waals surface area contributed by atoms with Crippen LogP contribution in [0.25, 0.3) is 0 Å². The Morgan fingerprint density at radius 3 is 2.35 bits per heavy atom. The summed E-state index contributed by atoms with van der Waals surface area (Å²) < 4.78 is 5.16. The third-order valence-corrected chi connectivity index (χ3v) is 3.18. The molecule has 0 amide bonds. The molecule has 0 heterocycles. The van der Waals surface area contributed by atoms with Crippen molar-refractivity contribution in [3.63, 3.8) is 0 Å². The molecule has 0 saturated heterocycles. The Labute approximate surface area is 113 Å². The summed E-state index contributed by atoms with van der Waals surface area (Å²) in [7, 11) is 0. The van der Waals surface area contributed by atoms with Gasteiger partial charge in [0.25, 0.3) is 0 Å². The van der Waals surface area contributed by atoms with Gasteiger partial charge in [-0.3, -0.25) is 20.2 Å². The van der Waals surface area contributed by atoms with Crippen molar-refractivity contribution in [1.82, 2.24) is 0 Å². The van der Waals surface area contributed by atoms with Crippen LogP contribution in [0.5, 0.6) is 0 Å². The summed E-state index contributed by atoms with van der Waals surface area (Å²) in [5.74, 6) is -0.366. The van der Waals surface area contributed by atoms with E-state index in [4.69, 9.17) is 4.74 Å². The van der Waals surface area contributed by atoms with Gasteiger partial charge < -0.3 is 4.74 Å². The summed E-state index contributed by atoms with van der Waals surface area (Å²) in [5.41, 5.74) is -1.43. The number of nitro benzene ring substituents is 2. The smallest absolute Gasteiger partial charge is 0.346 e. The Bertz CT molecular complexity index is 581. The second-order valence-corrected chi connectivity index (χ2v) is 4.67. The summed E-state index contributed by atoms with van der Waals surface area (Å²) in [5, 5.41) is 21.5. The Hall–Kier alpha value is -2.51. The predicted molar refractivity (Wildman–Crippen MR) is 67.4 cm³/mol. The zero-order valence-corrected chi connectivity index (χ0v) is 10.6. The summed E-state index contributed by atoms with van der Waals surface area (Å²) in [4.78, 5) is 31.5. The maximum Gasteiger partial charge on any atom is 0.346 e. The standard InChI is InChI=1S/C12H12N2O6/c1-7(8-2-3-8)20-12(15)9-4-5-10(13(16)17)11(6-9)14(18)19/h4-8H,2-3H2,1H3. The van der Waals surface area contributed by atoms with Crippen LogP contribution in [0.2, 0.25) is 0 Å². The molecule has 1 atom stereocenters. The second-order valence-electron chi connectivity index (χ2n) is 4.67. The Morgan fingerprint density at radius 1 is 1.25 bits per heavy atom. The number of esters is 1. The molecule has 1 saturated carbocycles. The topological polar surface area (TPSA) is 113 Å². The molecule has 2 rings (SSSR count). The first-order chi connectivity index (χ1) is 9.40. The highest BCUT2D eigenvalue weighted by atomic mass is 16.6. The van der Waals surface area contributed by atoms with Gasteiger partial charge in [0.2, 0.25) is 0 Å². The average Bonchev–Trinajstić information content (AvgIpc) is 3.21. The predicted octanol–water partition coefficient (Wildman–Crippen LogP) is 2.46. The Kier molecular flexibility index (Phi) is 3.64. The molecule has 8 nitrogen and oxygen atoms in total. The zero-order chi connectivity index (χ0) is 14.9. The maximum absolute atomic E-state index is 11.8. The number of rotatable bonds is 5. The summed E-state index contributed by atoms with van der Waals surface area (Å²) in [6.07, 6.45) is 1.74. The molecule has 0 aliphatic heterocycles. The minimum Gasteiger partial charge on any atom is -0.459 e. The molecule has 0 radical (unpaired) electrons. The Balaban J connectivity index is 2.23. The highest BCUT2D eigenvalue weighted by Crippen LogP contribution is 2.34. The fourth-order valence-corrected chi connectivity index (χ4v) is 1.85. The highest BCUT2D eigenvalue weighted by molar-refractivity contribution is 5.91. The molecule has 0 N–H and O–H groups in total. The molecule has 106 valence electrons. The number of benzene rings is 1. The first kappa shape index (κ1) is 13.9. The fourth-order valence-electron chi connectivity index (χ4n) is 1.85. The number of nitro groups is 2. The lowest BCUT2D eigenvalue weighted by Crippen LogP contribution is -2.17. The monoisotopic (exact) mass is 280 g/mol. The third-order valence-electron chi connectivity index (χ3n) is 3.18. The van der Waals surface area contributed by atoms with Gasteiger partial charge in [-0.05, 0) is 31.7 Å². The molecule has 1 unspecified atom stereocenters. The normalized spacial score (nSPS) is 15.4. The Morgan fingerprint density at radius 2 is 1.85 bits per heavy atom. The SMILES string of the molecule is CC(OC(=O)c1ccc([N+](=O)[O-])c([N+](=O)[O-])c1)C1CC1.